The smallest absolute Gasteiger partial charge is 0.422 e. The molecule has 3 heterocycles. The molecule has 1 aliphatic carbocycles. The Labute approximate surface area is 197 Å². The number of hydrogen-bond donors (Lipinski definition) is 2. The molecule has 3 atom stereocenters. The van der Waals surface area contributed by atoms with Crippen molar-refractivity contribution in [1.82, 2.24) is 14.8 Å². The maximum Gasteiger partial charge on any atom is 0.491 e. The lowest BCUT2D eigenvalue weighted by Gasteiger charge is -2.36. The van der Waals surface area contributed by atoms with E-state index < -0.39 is 59.6 Å². The summed E-state index contributed by atoms with van der Waals surface area (Å²) in [7, 11) is 1.69. The minimum Gasteiger partial charge on any atom is -0.422 e. The van der Waals surface area contributed by atoms with Crippen LogP contribution in [0.2, 0.25) is 0 Å². The predicted octanol–water partition coefficient (Wildman–Crippen LogP) is 3.48. The van der Waals surface area contributed by atoms with Crippen LogP contribution in [0.4, 0.5) is 37.8 Å². The van der Waals surface area contributed by atoms with Gasteiger partial charge in [0.25, 0.3) is 18.2 Å². The first-order chi connectivity index (χ1) is 16.9. The summed E-state index contributed by atoms with van der Waals surface area (Å²) in [6, 6.07) is 3.87. The molecular formula is C21H16F6N6O3. The summed E-state index contributed by atoms with van der Waals surface area (Å²) >= 11 is 0. The number of nitrogens with two attached hydrogens (primary N) is 1. The van der Waals surface area contributed by atoms with E-state index in [0.29, 0.717) is 5.52 Å². The second-order valence-corrected chi connectivity index (χ2v) is 8.35. The fourth-order valence-electron chi connectivity index (χ4n) is 4.41. The van der Waals surface area contributed by atoms with Gasteiger partial charge in [-0.25, -0.2) is 27.9 Å². The van der Waals surface area contributed by atoms with Crippen molar-refractivity contribution in [3.63, 3.8) is 0 Å². The van der Waals surface area contributed by atoms with Crippen LogP contribution in [0.5, 0.6) is 0 Å². The topological polar surface area (TPSA) is 117 Å². The number of ether oxygens (including phenoxy) is 2. The maximum atomic E-state index is 15.0. The Balaban J connectivity index is 1.56. The molecule has 2 aromatic heterocycles. The molecule has 0 radical (unpaired) electrons. The van der Waals surface area contributed by atoms with E-state index in [4.69, 9.17) is 10.5 Å². The molecule has 5 rings (SSSR count). The Hall–Kier alpha value is -4.04. The number of esters is 1. The normalized spacial score (nSPS) is 25.2. The summed E-state index contributed by atoms with van der Waals surface area (Å²) < 4.78 is 93.5. The van der Waals surface area contributed by atoms with Crippen LogP contribution in [0, 0.1) is 11.7 Å². The van der Waals surface area contributed by atoms with Crippen molar-refractivity contribution < 1.29 is 40.6 Å². The third-order valence-electron chi connectivity index (χ3n) is 5.99. The third kappa shape index (κ3) is 3.65. The van der Waals surface area contributed by atoms with Gasteiger partial charge in [-0.2, -0.15) is 18.3 Å². The lowest BCUT2D eigenvalue weighted by atomic mass is 9.84. The molecule has 1 fully saturated rings. The number of fused-ring (bicyclic) bond motifs is 2. The monoisotopic (exact) mass is 514 g/mol. The lowest BCUT2D eigenvalue weighted by Crippen LogP contribution is -2.49. The first-order valence-corrected chi connectivity index (χ1v) is 10.3. The van der Waals surface area contributed by atoms with Gasteiger partial charge in [-0.05, 0) is 24.3 Å². The van der Waals surface area contributed by atoms with E-state index in [0.717, 1.165) is 17.5 Å². The van der Waals surface area contributed by atoms with Gasteiger partial charge in [0, 0.05) is 42.5 Å². The number of alkyl halides is 5. The van der Waals surface area contributed by atoms with Gasteiger partial charge < -0.3 is 20.5 Å². The number of amidine groups is 1. The highest BCUT2D eigenvalue weighted by Crippen LogP contribution is 2.63. The average molecular weight is 514 g/mol. The van der Waals surface area contributed by atoms with Crippen molar-refractivity contribution in [1.29, 1.82) is 0 Å². The fourth-order valence-corrected chi connectivity index (χ4v) is 4.41. The van der Waals surface area contributed by atoms with Crippen LogP contribution < -0.4 is 11.1 Å². The van der Waals surface area contributed by atoms with Gasteiger partial charge in [-0.15, -0.1) is 0 Å². The largest absolute Gasteiger partial charge is 0.491 e. The third-order valence-corrected chi connectivity index (χ3v) is 5.99. The molecular weight excluding hydrogens is 498 g/mol. The number of aryl methyl sites for hydroxylation is 1. The molecule has 9 nitrogen and oxygen atoms in total. The molecule has 0 spiro atoms. The zero-order valence-electron chi connectivity index (χ0n) is 18.2. The number of halogens is 6. The van der Waals surface area contributed by atoms with Crippen molar-refractivity contribution in [2.45, 2.75) is 30.3 Å². The molecule has 3 N–H and O–H groups in total. The zero-order chi connectivity index (χ0) is 26.0. The standard InChI is InChI=1S/C21H16F6N6O3/c1-33-8-9-4-5-29-15(14(9)32-33)30-10-2-3-12(22)11(6-10)20(16(23)24)13-7-19(13,36-18(28)31-20)35-17(34)21(25,26)27/h2-6,8,13,16H,7H2,1H3,(H2,28,31)(H,29,30)/t13-,19-,20+/m0/s1. The molecule has 0 bridgehead atoms. The number of aromatic nitrogens is 3. The SMILES string of the molecule is Cn1cc2ccnc(Nc3ccc(F)c([C@@]4(C(F)F)N=C(N)O[C@@]5(OC(=O)C(F)(F)F)C[C@@H]54)c3)c2n1. The van der Waals surface area contributed by atoms with Crippen LogP contribution in [0.25, 0.3) is 10.9 Å². The average Bonchev–Trinajstić information content (AvgIpc) is 3.35. The number of carbonyl (C=O) groups excluding carboxylic acids is 1. The van der Waals surface area contributed by atoms with Gasteiger partial charge in [0.15, 0.2) is 11.4 Å². The van der Waals surface area contributed by atoms with E-state index in [2.05, 4.69) is 25.1 Å². The molecule has 2 aliphatic rings. The van der Waals surface area contributed by atoms with Crippen molar-refractivity contribution in [3.8, 4) is 0 Å². The molecule has 3 aromatic rings. The molecule has 1 aromatic carbocycles. The summed E-state index contributed by atoms with van der Waals surface area (Å²) in [5.41, 5.74) is 2.59. The van der Waals surface area contributed by atoms with E-state index in [-0.39, 0.29) is 11.5 Å². The van der Waals surface area contributed by atoms with Crippen LogP contribution in [0.3, 0.4) is 0 Å². The summed E-state index contributed by atoms with van der Waals surface area (Å²) in [5.74, 6) is -7.66. The molecule has 1 saturated carbocycles. The first kappa shape index (κ1) is 23.7. The number of benzene rings is 1. The van der Waals surface area contributed by atoms with Crippen molar-refractivity contribution in [2.24, 2.45) is 23.7 Å². The van der Waals surface area contributed by atoms with Gasteiger partial charge >= 0.3 is 12.1 Å². The van der Waals surface area contributed by atoms with Crippen molar-refractivity contribution in [2.75, 3.05) is 5.32 Å². The lowest BCUT2D eigenvalue weighted by molar-refractivity contribution is -0.229. The van der Waals surface area contributed by atoms with Gasteiger partial charge in [0.1, 0.15) is 11.3 Å². The molecule has 36 heavy (non-hydrogen) atoms. The molecule has 0 unspecified atom stereocenters. The van der Waals surface area contributed by atoms with E-state index in [1.165, 1.54) is 16.9 Å². The predicted molar refractivity (Wildman–Crippen MR) is 112 cm³/mol. The van der Waals surface area contributed by atoms with E-state index in [1.807, 2.05) is 0 Å². The summed E-state index contributed by atoms with van der Waals surface area (Å²) in [4.78, 5) is 19.2. The second-order valence-electron chi connectivity index (χ2n) is 8.35. The van der Waals surface area contributed by atoms with Crippen molar-refractivity contribution in [3.05, 3.63) is 48.0 Å². The van der Waals surface area contributed by atoms with Gasteiger partial charge in [0.05, 0.1) is 5.92 Å². The van der Waals surface area contributed by atoms with Crippen molar-refractivity contribution >= 4 is 34.4 Å². The van der Waals surface area contributed by atoms with E-state index in [9.17, 15) is 26.7 Å². The van der Waals surface area contributed by atoms with Crippen LogP contribution in [0.15, 0.2) is 41.7 Å². The molecule has 0 amide bonds. The van der Waals surface area contributed by atoms with Crippen LogP contribution >= 0.6 is 0 Å². The minimum atomic E-state index is -5.42. The van der Waals surface area contributed by atoms with Gasteiger partial charge in [0.2, 0.25) is 0 Å². The summed E-state index contributed by atoms with van der Waals surface area (Å²) in [6.45, 7) is 0. The Bertz CT molecular complexity index is 1410. The van der Waals surface area contributed by atoms with E-state index in [1.54, 1.807) is 19.3 Å². The highest BCUT2D eigenvalue weighted by Gasteiger charge is 2.77. The Morgan fingerprint density at radius 3 is 2.78 bits per heavy atom. The summed E-state index contributed by atoms with van der Waals surface area (Å²) in [5, 5.41) is 7.87. The summed E-state index contributed by atoms with van der Waals surface area (Å²) in [6.07, 6.45) is -6.29. The minimum absolute atomic E-state index is 0.107. The highest BCUT2D eigenvalue weighted by atomic mass is 19.4. The number of anilines is 2. The Morgan fingerprint density at radius 1 is 1.33 bits per heavy atom. The Morgan fingerprint density at radius 2 is 2.08 bits per heavy atom. The van der Waals surface area contributed by atoms with Crippen LogP contribution in [-0.2, 0) is 26.9 Å². The molecule has 1 aliphatic heterocycles. The number of aliphatic imine (C=N–C) groups is 1. The number of nitrogens with one attached hydrogen (secondary N) is 1. The van der Waals surface area contributed by atoms with Gasteiger partial charge in [-0.1, -0.05) is 0 Å². The number of rotatable bonds is 5. The number of pyridine rings is 1. The fraction of sp³-hybridized carbons (Fsp3) is 0.333. The number of nitrogens with zero attached hydrogens (tertiary/aromatic N) is 4. The Kier molecular flexibility index (Phi) is 5.09. The number of carbonyl (C=O) groups is 1. The molecule has 15 heteroatoms. The zero-order valence-corrected chi connectivity index (χ0v) is 18.2. The van der Waals surface area contributed by atoms with E-state index >= 15 is 4.39 Å². The number of hydrogen-bond acceptors (Lipinski definition) is 8. The van der Waals surface area contributed by atoms with Crippen LogP contribution in [-0.4, -0.2) is 45.1 Å². The van der Waals surface area contributed by atoms with Gasteiger partial charge in [-0.3, -0.25) is 4.68 Å². The second kappa shape index (κ2) is 7.73. The molecule has 0 saturated heterocycles. The highest BCUT2D eigenvalue weighted by molar-refractivity contribution is 5.89. The quantitative estimate of drug-likeness (QED) is 0.396. The maximum absolute atomic E-state index is 15.0. The van der Waals surface area contributed by atoms with Crippen LogP contribution in [0.1, 0.15) is 12.0 Å². The molecule has 190 valence electrons. The first-order valence-electron chi connectivity index (χ1n) is 10.3.